The Morgan fingerprint density at radius 1 is 1.38 bits per heavy atom. The fourth-order valence-corrected chi connectivity index (χ4v) is 1.03. The Kier molecular flexibility index (Phi) is 3.77. The fourth-order valence-electron chi connectivity index (χ4n) is 0.905. The molecule has 0 radical (unpaired) electrons. The van der Waals surface area contributed by atoms with Crippen molar-refractivity contribution in [1.29, 1.82) is 0 Å². The first-order valence-electron chi connectivity index (χ1n) is 4.16. The Morgan fingerprint density at radius 2 is 2.00 bits per heavy atom. The van der Waals surface area contributed by atoms with E-state index in [0.717, 1.165) is 16.3 Å². The molecule has 0 fully saturated rings. The zero-order valence-corrected chi connectivity index (χ0v) is 8.51. The minimum absolute atomic E-state index is 0.588. The third-order valence-electron chi connectivity index (χ3n) is 1.59. The molecule has 0 aliphatic heterocycles. The molecule has 0 aromatic heterocycles. The summed E-state index contributed by atoms with van der Waals surface area (Å²) < 4.78 is 0. The van der Waals surface area contributed by atoms with Crippen molar-refractivity contribution < 1.29 is 4.84 Å². The number of benzene rings is 1. The van der Waals surface area contributed by atoms with Crippen molar-refractivity contribution in [3.63, 3.8) is 0 Å². The summed E-state index contributed by atoms with van der Waals surface area (Å²) >= 11 is 5.75. The smallest absolute Gasteiger partial charge is 0.114 e. The molecule has 0 atom stereocenters. The molecule has 0 saturated carbocycles. The van der Waals surface area contributed by atoms with Gasteiger partial charge in [-0.3, -0.25) is 0 Å². The number of oxime groups is 1. The van der Waals surface area contributed by atoms with E-state index in [4.69, 9.17) is 16.4 Å². The Bertz CT molecular complexity index is 292. The monoisotopic (exact) mass is 197 g/mol. The lowest BCUT2D eigenvalue weighted by molar-refractivity contribution is 0.159. The number of hydrogen-bond donors (Lipinski definition) is 0. The van der Waals surface area contributed by atoms with Crippen molar-refractivity contribution in [3.05, 3.63) is 34.9 Å². The highest BCUT2D eigenvalue weighted by atomic mass is 35.5. The zero-order valence-electron chi connectivity index (χ0n) is 7.75. The molecule has 0 bridgehead atoms. The Balaban J connectivity index is 2.77. The molecule has 0 aliphatic rings. The van der Waals surface area contributed by atoms with Crippen LogP contribution in [0.4, 0.5) is 0 Å². The number of halogens is 1. The van der Waals surface area contributed by atoms with Crippen LogP contribution in [0.15, 0.2) is 29.4 Å². The SMILES string of the molecule is CCO/N=C(\C)c1ccc(Cl)cc1. The van der Waals surface area contributed by atoms with Crippen LogP contribution in [0, 0.1) is 0 Å². The second kappa shape index (κ2) is 4.87. The van der Waals surface area contributed by atoms with Crippen LogP contribution in [0.1, 0.15) is 19.4 Å². The highest BCUT2D eigenvalue weighted by Crippen LogP contribution is 2.10. The topological polar surface area (TPSA) is 21.6 Å². The van der Waals surface area contributed by atoms with Crippen molar-refractivity contribution in [1.82, 2.24) is 0 Å². The minimum atomic E-state index is 0.588. The summed E-state index contributed by atoms with van der Waals surface area (Å²) in [6.07, 6.45) is 0. The van der Waals surface area contributed by atoms with E-state index in [1.54, 1.807) is 0 Å². The Labute approximate surface area is 83.2 Å². The molecule has 2 nitrogen and oxygen atoms in total. The Morgan fingerprint density at radius 3 is 2.54 bits per heavy atom. The van der Waals surface area contributed by atoms with E-state index in [-0.39, 0.29) is 0 Å². The van der Waals surface area contributed by atoms with Crippen molar-refractivity contribution in [2.24, 2.45) is 5.16 Å². The normalized spacial score (nSPS) is 11.5. The van der Waals surface area contributed by atoms with Crippen molar-refractivity contribution >= 4 is 17.3 Å². The van der Waals surface area contributed by atoms with Crippen LogP contribution in [0.3, 0.4) is 0 Å². The quantitative estimate of drug-likeness (QED) is 0.539. The van der Waals surface area contributed by atoms with Gasteiger partial charge in [-0.15, -0.1) is 0 Å². The van der Waals surface area contributed by atoms with Crippen molar-refractivity contribution in [2.45, 2.75) is 13.8 Å². The molecule has 0 spiro atoms. The van der Waals surface area contributed by atoms with Crippen LogP contribution >= 0.6 is 11.6 Å². The molecule has 13 heavy (non-hydrogen) atoms. The summed E-state index contributed by atoms with van der Waals surface area (Å²) in [5, 5.41) is 4.65. The van der Waals surface area contributed by atoms with Crippen LogP contribution in [0.2, 0.25) is 5.02 Å². The van der Waals surface area contributed by atoms with Gasteiger partial charge in [-0.05, 0) is 31.5 Å². The number of hydrogen-bond acceptors (Lipinski definition) is 2. The summed E-state index contributed by atoms with van der Waals surface area (Å²) in [5.74, 6) is 0. The van der Waals surface area contributed by atoms with Gasteiger partial charge in [0.1, 0.15) is 6.61 Å². The lowest BCUT2D eigenvalue weighted by Gasteiger charge is -2.00. The predicted octanol–water partition coefficient (Wildman–Crippen LogP) is 3.10. The number of nitrogens with zero attached hydrogens (tertiary/aromatic N) is 1. The molecular weight excluding hydrogens is 186 g/mol. The molecule has 0 unspecified atom stereocenters. The lowest BCUT2D eigenvalue weighted by atomic mass is 10.1. The summed E-state index contributed by atoms with van der Waals surface area (Å²) in [5.41, 5.74) is 1.89. The fraction of sp³-hybridized carbons (Fsp3) is 0.300. The number of rotatable bonds is 3. The highest BCUT2D eigenvalue weighted by molar-refractivity contribution is 6.30. The van der Waals surface area contributed by atoms with Gasteiger partial charge >= 0.3 is 0 Å². The molecule has 1 aromatic carbocycles. The maximum atomic E-state index is 5.75. The van der Waals surface area contributed by atoms with Crippen LogP contribution in [-0.2, 0) is 4.84 Å². The average molecular weight is 198 g/mol. The minimum Gasteiger partial charge on any atom is -0.396 e. The van der Waals surface area contributed by atoms with Gasteiger partial charge in [0.05, 0.1) is 5.71 Å². The van der Waals surface area contributed by atoms with Gasteiger partial charge in [-0.25, -0.2) is 0 Å². The molecule has 0 aliphatic carbocycles. The average Bonchev–Trinajstić information content (AvgIpc) is 2.15. The summed E-state index contributed by atoms with van der Waals surface area (Å²) in [7, 11) is 0. The molecule has 70 valence electrons. The summed E-state index contributed by atoms with van der Waals surface area (Å²) in [4.78, 5) is 4.93. The maximum absolute atomic E-state index is 5.75. The van der Waals surface area contributed by atoms with Gasteiger partial charge in [-0.2, -0.15) is 0 Å². The van der Waals surface area contributed by atoms with Gasteiger partial charge in [0, 0.05) is 5.02 Å². The molecule has 0 saturated heterocycles. The predicted molar refractivity (Wildman–Crippen MR) is 55.3 cm³/mol. The molecule has 1 aromatic rings. The molecule has 0 N–H and O–H groups in total. The van der Waals surface area contributed by atoms with E-state index in [1.165, 1.54) is 0 Å². The van der Waals surface area contributed by atoms with E-state index >= 15 is 0 Å². The zero-order chi connectivity index (χ0) is 9.68. The molecule has 0 amide bonds. The molecule has 3 heteroatoms. The summed E-state index contributed by atoms with van der Waals surface area (Å²) in [6.45, 7) is 4.39. The lowest BCUT2D eigenvalue weighted by Crippen LogP contribution is -1.95. The van der Waals surface area contributed by atoms with Gasteiger partial charge in [0.2, 0.25) is 0 Å². The molecule has 0 heterocycles. The highest BCUT2D eigenvalue weighted by Gasteiger charge is 1.96. The van der Waals surface area contributed by atoms with Gasteiger partial charge in [-0.1, -0.05) is 28.9 Å². The largest absolute Gasteiger partial charge is 0.396 e. The Hall–Kier alpha value is -1.02. The van der Waals surface area contributed by atoms with Gasteiger partial charge in [0.15, 0.2) is 0 Å². The second-order valence-corrected chi connectivity index (χ2v) is 3.04. The van der Waals surface area contributed by atoms with E-state index in [9.17, 15) is 0 Å². The van der Waals surface area contributed by atoms with E-state index in [1.807, 2.05) is 38.1 Å². The van der Waals surface area contributed by atoms with E-state index < -0.39 is 0 Å². The standard InChI is InChI=1S/C10H12ClNO/c1-3-13-12-8(2)9-4-6-10(11)7-5-9/h4-7H,3H2,1-2H3/b12-8+. The summed E-state index contributed by atoms with van der Waals surface area (Å²) in [6, 6.07) is 7.50. The van der Waals surface area contributed by atoms with E-state index in [2.05, 4.69) is 5.16 Å². The van der Waals surface area contributed by atoms with E-state index in [0.29, 0.717) is 6.61 Å². The third-order valence-corrected chi connectivity index (χ3v) is 1.84. The molecular formula is C10H12ClNO. The van der Waals surface area contributed by atoms with Gasteiger partial charge < -0.3 is 4.84 Å². The van der Waals surface area contributed by atoms with Gasteiger partial charge in [0.25, 0.3) is 0 Å². The molecule has 1 rings (SSSR count). The van der Waals surface area contributed by atoms with Crippen LogP contribution in [0.25, 0.3) is 0 Å². The van der Waals surface area contributed by atoms with Crippen LogP contribution in [-0.4, -0.2) is 12.3 Å². The van der Waals surface area contributed by atoms with Crippen molar-refractivity contribution in [2.75, 3.05) is 6.61 Å². The first kappa shape index (κ1) is 10.1. The maximum Gasteiger partial charge on any atom is 0.114 e. The van der Waals surface area contributed by atoms with Crippen LogP contribution < -0.4 is 0 Å². The first-order valence-corrected chi connectivity index (χ1v) is 4.54. The van der Waals surface area contributed by atoms with Crippen LogP contribution in [0.5, 0.6) is 0 Å². The third kappa shape index (κ3) is 3.07. The van der Waals surface area contributed by atoms with Crippen molar-refractivity contribution in [3.8, 4) is 0 Å². The second-order valence-electron chi connectivity index (χ2n) is 2.60. The first-order chi connectivity index (χ1) is 6.24.